The highest BCUT2D eigenvalue weighted by molar-refractivity contribution is 5.93. The summed E-state index contributed by atoms with van der Waals surface area (Å²) in [4.78, 5) is 37.6. The lowest BCUT2D eigenvalue weighted by Crippen LogP contribution is -2.36. The lowest BCUT2D eigenvalue weighted by Gasteiger charge is -2.18. The summed E-state index contributed by atoms with van der Waals surface area (Å²) in [6.45, 7) is 1.58. The van der Waals surface area contributed by atoms with Gasteiger partial charge in [-0.3, -0.25) is 14.9 Å². The van der Waals surface area contributed by atoms with E-state index < -0.39 is 28.2 Å². The molecule has 1 aromatic heterocycles. The minimum absolute atomic E-state index is 0.0794. The van der Waals surface area contributed by atoms with Crippen molar-refractivity contribution in [2.75, 3.05) is 19.4 Å². The third-order valence-electron chi connectivity index (χ3n) is 2.49. The molecule has 108 valence electrons. The third kappa shape index (κ3) is 3.40. The monoisotopic (exact) mass is 282 g/mol. The summed E-state index contributed by atoms with van der Waals surface area (Å²) in [7, 11) is 3.15. The third-order valence-corrected chi connectivity index (χ3v) is 2.49. The van der Waals surface area contributed by atoms with Gasteiger partial charge in [-0.2, -0.15) is 0 Å². The maximum atomic E-state index is 11.7. The predicted molar refractivity (Wildman–Crippen MR) is 69.6 cm³/mol. The fraction of sp³-hybridized carbons (Fsp3) is 0.364. The molecule has 1 atom stereocenters. The number of amides is 1. The topological polar surface area (TPSA) is 126 Å². The van der Waals surface area contributed by atoms with E-state index in [9.17, 15) is 19.7 Å². The molecule has 9 nitrogen and oxygen atoms in total. The Morgan fingerprint density at radius 2 is 2.10 bits per heavy atom. The highest BCUT2D eigenvalue weighted by Gasteiger charge is 2.22. The average Bonchev–Trinajstić information content (AvgIpc) is 2.37. The van der Waals surface area contributed by atoms with Crippen LogP contribution in [-0.4, -0.2) is 51.9 Å². The first kappa shape index (κ1) is 15.3. The Morgan fingerprint density at radius 1 is 1.50 bits per heavy atom. The molecular weight excluding hydrogens is 268 g/mol. The van der Waals surface area contributed by atoms with Crippen molar-refractivity contribution in [2.45, 2.75) is 13.0 Å². The van der Waals surface area contributed by atoms with Crippen LogP contribution in [0.25, 0.3) is 0 Å². The Hall–Kier alpha value is -2.71. The number of carbonyl (C=O) groups excluding carboxylic acids is 1. The number of carboxylic acid groups (broad SMARTS) is 1. The van der Waals surface area contributed by atoms with Crippen molar-refractivity contribution < 1.29 is 19.6 Å². The number of hydrogen-bond acceptors (Lipinski definition) is 6. The molecule has 1 aromatic rings. The number of aromatic carboxylic acids is 1. The second-order valence-corrected chi connectivity index (χ2v) is 4.25. The maximum Gasteiger partial charge on any atom is 0.342 e. The van der Waals surface area contributed by atoms with Crippen LogP contribution in [-0.2, 0) is 4.79 Å². The van der Waals surface area contributed by atoms with Crippen LogP contribution in [0.15, 0.2) is 12.3 Å². The SMILES string of the molecule is CC(Nc1cc(C(=O)O)c([N+](=O)[O-])cn1)C(=O)N(C)C. The molecule has 20 heavy (non-hydrogen) atoms. The Bertz CT molecular complexity index is 558. The van der Waals surface area contributed by atoms with Crippen LogP contribution in [0.4, 0.5) is 11.5 Å². The maximum absolute atomic E-state index is 11.7. The first-order chi connectivity index (χ1) is 9.23. The van der Waals surface area contributed by atoms with Crippen LogP contribution in [0, 0.1) is 10.1 Å². The fourth-order valence-electron chi connectivity index (χ4n) is 1.51. The summed E-state index contributed by atoms with van der Waals surface area (Å²) < 4.78 is 0. The van der Waals surface area contributed by atoms with Crippen LogP contribution in [0.3, 0.4) is 0 Å². The largest absolute Gasteiger partial charge is 0.477 e. The summed E-state index contributed by atoms with van der Waals surface area (Å²) in [6, 6.07) is 0.389. The minimum atomic E-state index is -1.44. The number of nitrogens with one attached hydrogen (secondary N) is 1. The highest BCUT2D eigenvalue weighted by Crippen LogP contribution is 2.20. The van der Waals surface area contributed by atoms with E-state index in [1.165, 1.54) is 4.90 Å². The van der Waals surface area contributed by atoms with Crippen molar-refractivity contribution in [3.8, 4) is 0 Å². The molecule has 0 fully saturated rings. The van der Waals surface area contributed by atoms with Crippen molar-refractivity contribution in [3.05, 3.63) is 27.9 Å². The Balaban J connectivity index is 3.04. The van der Waals surface area contributed by atoms with E-state index in [1.807, 2.05) is 0 Å². The van der Waals surface area contributed by atoms with Gasteiger partial charge in [-0.1, -0.05) is 0 Å². The standard InChI is InChI=1S/C11H14N4O5/c1-6(10(16)14(2)3)13-9-4-7(11(17)18)8(5-12-9)15(19)20/h4-6H,1-3H3,(H,12,13)(H,17,18). The lowest BCUT2D eigenvalue weighted by molar-refractivity contribution is -0.385. The number of nitro groups is 1. The van der Waals surface area contributed by atoms with Crippen molar-refractivity contribution >= 4 is 23.4 Å². The molecule has 1 amide bonds. The predicted octanol–water partition coefficient (Wildman–Crippen LogP) is 0.577. The number of carboxylic acids is 1. The quantitative estimate of drug-likeness (QED) is 0.597. The second kappa shape index (κ2) is 5.95. The number of nitrogens with zero attached hydrogens (tertiary/aromatic N) is 3. The molecule has 0 aromatic carbocycles. The molecule has 1 rings (SSSR count). The van der Waals surface area contributed by atoms with Crippen LogP contribution < -0.4 is 5.32 Å². The van der Waals surface area contributed by atoms with Gasteiger partial charge >= 0.3 is 11.7 Å². The fourth-order valence-corrected chi connectivity index (χ4v) is 1.51. The number of hydrogen-bond donors (Lipinski definition) is 2. The van der Waals surface area contributed by atoms with Gasteiger partial charge in [-0.05, 0) is 6.92 Å². The van der Waals surface area contributed by atoms with E-state index in [0.717, 1.165) is 12.3 Å². The molecule has 0 spiro atoms. The molecule has 0 aliphatic rings. The minimum Gasteiger partial charge on any atom is -0.477 e. The Labute approximate surface area is 114 Å². The normalized spacial score (nSPS) is 11.6. The van der Waals surface area contributed by atoms with Gasteiger partial charge in [-0.25, -0.2) is 9.78 Å². The number of aromatic nitrogens is 1. The van der Waals surface area contributed by atoms with Crippen molar-refractivity contribution in [2.24, 2.45) is 0 Å². The molecule has 9 heteroatoms. The highest BCUT2D eigenvalue weighted by atomic mass is 16.6. The van der Waals surface area contributed by atoms with Crippen LogP contribution in [0.5, 0.6) is 0 Å². The molecule has 0 saturated heterocycles. The molecule has 1 heterocycles. The number of likely N-dealkylation sites (N-methyl/N-ethyl adjacent to an activating group) is 1. The van der Waals surface area contributed by atoms with Gasteiger partial charge in [0.2, 0.25) is 5.91 Å². The zero-order valence-corrected chi connectivity index (χ0v) is 11.2. The summed E-state index contributed by atoms with van der Waals surface area (Å²) in [5, 5.41) is 22.3. The second-order valence-electron chi connectivity index (χ2n) is 4.25. The first-order valence-corrected chi connectivity index (χ1v) is 5.59. The van der Waals surface area contributed by atoms with Crippen LogP contribution in [0.1, 0.15) is 17.3 Å². The molecule has 0 bridgehead atoms. The van der Waals surface area contributed by atoms with Crippen LogP contribution in [0.2, 0.25) is 0 Å². The van der Waals surface area contributed by atoms with Gasteiger partial charge in [0.1, 0.15) is 23.6 Å². The summed E-state index contributed by atoms with van der Waals surface area (Å²) >= 11 is 0. The number of anilines is 1. The number of rotatable bonds is 5. The van der Waals surface area contributed by atoms with Gasteiger partial charge in [0.15, 0.2) is 0 Å². The van der Waals surface area contributed by atoms with E-state index >= 15 is 0 Å². The van der Waals surface area contributed by atoms with E-state index in [2.05, 4.69) is 10.3 Å². The number of pyridine rings is 1. The van der Waals surface area contributed by atoms with Crippen LogP contribution >= 0.6 is 0 Å². The summed E-state index contributed by atoms with van der Waals surface area (Å²) in [5.74, 6) is -1.59. The zero-order chi connectivity index (χ0) is 15.4. The van der Waals surface area contributed by atoms with Gasteiger partial charge in [0, 0.05) is 20.2 Å². The van der Waals surface area contributed by atoms with E-state index in [0.29, 0.717) is 0 Å². The smallest absolute Gasteiger partial charge is 0.342 e. The van der Waals surface area contributed by atoms with Crippen molar-refractivity contribution in [1.29, 1.82) is 0 Å². The van der Waals surface area contributed by atoms with Crippen molar-refractivity contribution in [3.63, 3.8) is 0 Å². The molecule has 0 aliphatic heterocycles. The number of carbonyl (C=O) groups is 2. The summed E-state index contributed by atoms with van der Waals surface area (Å²) in [6.07, 6.45) is 0.846. The lowest BCUT2D eigenvalue weighted by atomic mass is 10.2. The zero-order valence-electron chi connectivity index (χ0n) is 11.2. The van der Waals surface area contributed by atoms with Gasteiger partial charge in [0.25, 0.3) is 0 Å². The Morgan fingerprint density at radius 3 is 2.55 bits per heavy atom. The molecule has 2 N–H and O–H groups in total. The summed E-state index contributed by atoms with van der Waals surface area (Å²) in [5.41, 5.74) is -1.09. The Kier molecular flexibility index (Phi) is 4.57. The van der Waals surface area contributed by atoms with Crippen molar-refractivity contribution in [1.82, 2.24) is 9.88 Å². The van der Waals surface area contributed by atoms with E-state index in [4.69, 9.17) is 5.11 Å². The first-order valence-electron chi connectivity index (χ1n) is 5.59. The molecule has 0 aliphatic carbocycles. The van der Waals surface area contributed by atoms with E-state index in [1.54, 1.807) is 21.0 Å². The molecule has 0 saturated carbocycles. The molecular formula is C11H14N4O5. The molecule has 1 unspecified atom stereocenters. The average molecular weight is 282 g/mol. The van der Waals surface area contributed by atoms with E-state index in [-0.39, 0.29) is 11.7 Å². The molecule has 0 radical (unpaired) electrons. The van der Waals surface area contributed by atoms with Gasteiger partial charge in [0.05, 0.1) is 4.92 Å². The van der Waals surface area contributed by atoms with Gasteiger partial charge in [-0.15, -0.1) is 0 Å². The van der Waals surface area contributed by atoms with Gasteiger partial charge < -0.3 is 15.3 Å².